The topological polar surface area (TPSA) is 86.4 Å². The summed E-state index contributed by atoms with van der Waals surface area (Å²) in [6, 6.07) is 12.2. The molecule has 3 aromatic rings. The van der Waals surface area contributed by atoms with E-state index in [1.165, 1.54) is 12.8 Å². The predicted molar refractivity (Wildman–Crippen MR) is 131 cm³/mol. The minimum atomic E-state index is 0.541. The molecule has 0 atom stereocenters. The van der Waals surface area contributed by atoms with Crippen molar-refractivity contribution in [2.24, 2.45) is 0 Å². The fourth-order valence-electron chi connectivity index (χ4n) is 4.35. The van der Waals surface area contributed by atoms with Crippen LogP contribution in [0.5, 0.6) is 0 Å². The van der Waals surface area contributed by atoms with Crippen molar-refractivity contribution in [3.05, 3.63) is 48.8 Å². The van der Waals surface area contributed by atoms with E-state index in [1.807, 2.05) is 24.4 Å². The molecule has 1 aromatic carbocycles. The van der Waals surface area contributed by atoms with Gasteiger partial charge in [-0.15, -0.1) is 0 Å². The van der Waals surface area contributed by atoms with E-state index in [1.54, 1.807) is 6.20 Å². The van der Waals surface area contributed by atoms with Crippen molar-refractivity contribution in [2.45, 2.75) is 12.8 Å². The molecule has 8 nitrogen and oxygen atoms in total. The van der Waals surface area contributed by atoms with Crippen LogP contribution in [-0.4, -0.2) is 66.2 Å². The number of anilines is 5. The maximum absolute atomic E-state index is 6.37. The number of aromatic nitrogens is 3. The molecule has 3 N–H and O–H groups in total. The second kappa shape index (κ2) is 9.00. The van der Waals surface area contributed by atoms with E-state index in [-0.39, 0.29) is 0 Å². The van der Waals surface area contributed by atoms with E-state index in [4.69, 9.17) is 10.7 Å². The van der Waals surface area contributed by atoms with Crippen molar-refractivity contribution in [3.63, 3.8) is 0 Å². The molecule has 2 aromatic heterocycles. The lowest BCUT2D eigenvalue weighted by atomic mass is 10.1. The Hall–Kier alpha value is -3.39. The first-order valence-electron chi connectivity index (χ1n) is 11.3. The Labute approximate surface area is 189 Å². The third-order valence-corrected chi connectivity index (χ3v) is 6.26. The van der Waals surface area contributed by atoms with Crippen LogP contribution < -0.4 is 20.9 Å². The molecule has 0 aliphatic carbocycles. The lowest BCUT2D eigenvalue weighted by Crippen LogP contribution is -2.44. The summed E-state index contributed by atoms with van der Waals surface area (Å²) in [4.78, 5) is 20.7. The summed E-state index contributed by atoms with van der Waals surface area (Å²) >= 11 is 0. The van der Waals surface area contributed by atoms with Gasteiger partial charge in [-0.05, 0) is 50.2 Å². The lowest BCUT2D eigenvalue weighted by Gasteiger charge is -2.33. The normalized spacial score (nSPS) is 17.0. The number of nitrogens with two attached hydrogens (primary N) is 1. The zero-order valence-electron chi connectivity index (χ0n) is 18.5. The zero-order chi connectivity index (χ0) is 21.9. The number of hydrogen-bond acceptors (Lipinski definition) is 8. The summed E-state index contributed by atoms with van der Waals surface area (Å²) in [6.45, 7) is 6.28. The van der Waals surface area contributed by atoms with Gasteiger partial charge in [0, 0.05) is 51.0 Å². The highest BCUT2D eigenvalue weighted by Gasteiger charge is 2.16. The molecule has 0 bridgehead atoms. The average molecular weight is 431 g/mol. The minimum absolute atomic E-state index is 0.541. The number of rotatable bonds is 5. The highest BCUT2D eigenvalue weighted by atomic mass is 15.3. The van der Waals surface area contributed by atoms with Gasteiger partial charge in [0.2, 0.25) is 5.95 Å². The molecule has 2 aliphatic rings. The summed E-state index contributed by atoms with van der Waals surface area (Å²) in [5.74, 6) is 1.55. The molecule has 5 rings (SSSR count). The van der Waals surface area contributed by atoms with Crippen LogP contribution in [0.3, 0.4) is 0 Å². The molecule has 8 heteroatoms. The van der Waals surface area contributed by atoms with Crippen molar-refractivity contribution in [2.75, 3.05) is 67.2 Å². The van der Waals surface area contributed by atoms with Gasteiger partial charge in [-0.25, -0.2) is 15.0 Å². The summed E-state index contributed by atoms with van der Waals surface area (Å²) in [5, 5.41) is 3.27. The predicted octanol–water partition coefficient (Wildman–Crippen LogP) is 3.22. The van der Waals surface area contributed by atoms with E-state index >= 15 is 0 Å². The molecule has 4 heterocycles. The maximum Gasteiger partial charge on any atom is 0.227 e. The number of nitrogens with zero attached hydrogens (tertiary/aromatic N) is 6. The van der Waals surface area contributed by atoms with E-state index < -0.39 is 0 Å². The first-order chi connectivity index (χ1) is 15.7. The van der Waals surface area contributed by atoms with Crippen molar-refractivity contribution in [3.8, 4) is 11.3 Å². The molecular weight excluding hydrogens is 400 g/mol. The van der Waals surface area contributed by atoms with Gasteiger partial charge in [0.25, 0.3) is 0 Å². The third-order valence-electron chi connectivity index (χ3n) is 6.26. The quantitative estimate of drug-likeness (QED) is 0.597. The minimum Gasteiger partial charge on any atom is -0.397 e. The standard InChI is InChI=1S/C24H30N8/c1-30-12-14-32(15-13-30)23-7-5-19(17-27-23)28-24-26-9-8-21(29-24)18-4-6-22(20(25)16-18)31-10-2-3-11-31/h4-9,16-17H,2-3,10-15,25H2,1H3,(H,26,28,29). The molecule has 2 aliphatic heterocycles. The Kier molecular flexibility index (Phi) is 5.77. The number of nitrogen functional groups attached to an aromatic ring is 1. The SMILES string of the molecule is CN1CCN(c2ccc(Nc3nccc(-c4ccc(N5CCCC5)c(N)c4)n3)cn2)CC1. The van der Waals surface area contributed by atoms with Gasteiger partial charge in [-0.2, -0.15) is 0 Å². The van der Waals surface area contributed by atoms with Crippen LogP contribution in [0.25, 0.3) is 11.3 Å². The Morgan fingerprint density at radius 3 is 2.41 bits per heavy atom. The number of pyridine rings is 1. The molecule has 0 radical (unpaired) electrons. The fourth-order valence-corrected chi connectivity index (χ4v) is 4.35. The number of hydrogen-bond donors (Lipinski definition) is 2. The van der Waals surface area contributed by atoms with Gasteiger partial charge in [0.1, 0.15) is 5.82 Å². The molecule has 0 unspecified atom stereocenters. The van der Waals surface area contributed by atoms with Gasteiger partial charge in [-0.1, -0.05) is 6.07 Å². The summed E-state index contributed by atoms with van der Waals surface area (Å²) in [6.07, 6.45) is 6.06. The van der Waals surface area contributed by atoms with E-state index in [9.17, 15) is 0 Å². The molecule has 32 heavy (non-hydrogen) atoms. The van der Waals surface area contributed by atoms with Gasteiger partial charge in [-0.3, -0.25) is 0 Å². The van der Waals surface area contributed by atoms with E-state index in [2.05, 4.69) is 55.2 Å². The van der Waals surface area contributed by atoms with E-state index in [0.29, 0.717) is 5.95 Å². The lowest BCUT2D eigenvalue weighted by molar-refractivity contribution is 0.312. The Bertz CT molecular complexity index is 1050. The highest BCUT2D eigenvalue weighted by Crippen LogP contribution is 2.31. The van der Waals surface area contributed by atoms with Crippen molar-refractivity contribution < 1.29 is 0 Å². The Morgan fingerprint density at radius 2 is 1.69 bits per heavy atom. The summed E-state index contributed by atoms with van der Waals surface area (Å²) < 4.78 is 0. The van der Waals surface area contributed by atoms with Crippen LogP contribution in [-0.2, 0) is 0 Å². The second-order valence-corrected chi connectivity index (χ2v) is 8.55. The van der Waals surface area contributed by atoms with Crippen molar-refractivity contribution in [1.29, 1.82) is 0 Å². The monoisotopic (exact) mass is 430 g/mol. The first kappa shape index (κ1) is 20.5. The average Bonchev–Trinajstić information content (AvgIpc) is 3.35. The molecule has 2 fully saturated rings. The molecule has 166 valence electrons. The van der Waals surface area contributed by atoms with Crippen LogP contribution in [0.4, 0.5) is 28.8 Å². The van der Waals surface area contributed by atoms with Crippen LogP contribution >= 0.6 is 0 Å². The maximum atomic E-state index is 6.37. The van der Waals surface area contributed by atoms with E-state index in [0.717, 1.165) is 73.4 Å². The molecule has 0 saturated carbocycles. The smallest absolute Gasteiger partial charge is 0.227 e. The van der Waals surface area contributed by atoms with Crippen LogP contribution in [0, 0.1) is 0 Å². The molecular formula is C24H30N8. The largest absolute Gasteiger partial charge is 0.397 e. The fraction of sp³-hybridized carbons (Fsp3) is 0.375. The molecule has 0 amide bonds. The third kappa shape index (κ3) is 4.45. The van der Waals surface area contributed by atoms with Crippen LogP contribution in [0.2, 0.25) is 0 Å². The second-order valence-electron chi connectivity index (χ2n) is 8.55. The number of piperazine rings is 1. The Balaban J connectivity index is 1.28. The van der Waals surface area contributed by atoms with Gasteiger partial charge < -0.3 is 25.8 Å². The number of nitrogens with one attached hydrogen (secondary N) is 1. The number of benzene rings is 1. The first-order valence-corrected chi connectivity index (χ1v) is 11.3. The van der Waals surface area contributed by atoms with Crippen LogP contribution in [0.15, 0.2) is 48.8 Å². The van der Waals surface area contributed by atoms with Crippen molar-refractivity contribution >= 4 is 28.8 Å². The van der Waals surface area contributed by atoms with Crippen LogP contribution in [0.1, 0.15) is 12.8 Å². The Morgan fingerprint density at radius 1 is 0.875 bits per heavy atom. The van der Waals surface area contributed by atoms with Crippen molar-refractivity contribution in [1.82, 2.24) is 19.9 Å². The zero-order valence-corrected chi connectivity index (χ0v) is 18.5. The van der Waals surface area contributed by atoms with Gasteiger partial charge in [0.05, 0.1) is 29.0 Å². The highest BCUT2D eigenvalue weighted by molar-refractivity contribution is 5.76. The number of likely N-dealkylation sites (N-methyl/N-ethyl adjacent to an activating group) is 1. The van der Waals surface area contributed by atoms with Gasteiger partial charge in [0.15, 0.2) is 0 Å². The molecule has 2 saturated heterocycles. The molecule has 0 spiro atoms. The summed E-state index contributed by atoms with van der Waals surface area (Å²) in [5.41, 5.74) is 11.0. The summed E-state index contributed by atoms with van der Waals surface area (Å²) in [7, 11) is 2.15. The van der Waals surface area contributed by atoms with Gasteiger partial charge >= 0.3 is 0 Å².